The molecule has 142 valence electrons. The molecule has 4 rings (SSSR count). The third kappa shape index (κ3) is 4.29. The van der Waals surface area contributed by atoms with Crippen LogP contribution in [-0.4, -0.2) is 11.4 Å². The zero-order valence-electron chi connectivity index (χ0n) is 14.8. The van der Waals surface area contributed by atoms with Crippen molar-refractivity contribution in [2.24, 2.45) is 0 Å². The molecule has 1 saturated heterocycles. The van der Waals surface area contributed by atoms with Crippen molar-refractivity contribution in [3.63, 3.8) is 0 Å². The molecular weight excluding hydrogens is 460 g/mol. The third-order valence-corrected chi connectivity index (χ3v) is 6.04. The molecule has 0 spiro atoms. The van der Waals surface area contributed by atoms with Crippen molar-refractivity contribution in [2.45, 2.75) is 12.4 Å². The maximum absolute atomic E-state index is 12.3. The minimum Gasteiger partial charge on any atom is -0.457 e. The molecular formula is C21H16BrClN2O2S. The Hall–Kier alpha value is -2.15. The largest absolute Gasteiger partial charge is 0.457 e. The van der Waals surface area contributed by atoms with Crippen LogP contribution in [0.1, 0.15) is 11.3 Å². The topological polar surface area (TPSA) is 54.3 Å². The summed E-state index contributed by atoms with van der Waals surface area (Å²) in [4.78, 5) is 12.9. The summed E-state index contributed by atoms with van der Waals surface area (Å²) in [6.07, 6.45) is 1.76. The van der Waals surface area contributed by atoms with Crippen LogP contribution in [-0.2, 0) is 4.79 Å². The van der Waals surface area contributed by atoms with Crippen LogP contribution < -0.4 is 10.6 Å². The smallest absolute Gasteiger partial charge is 0.260 e. The van der Waals surface area contributed by atoms with Crippen molar-refractivity contribution in [1.82, 2.24) is 5.32 Å². The van der Waals surface area contributed by atoms with Gasteiger partial charge in [-0.25, -0.2) is 0 Å². The van der Waals surface area contributed by atoms with E-state index in [2.05, 4.69) is 26.6 Å². The van der Waals surface area contributed by atoms with Gasteiger partial charge in [0.15, 0.2) is 5.50 Å². The number of furan rings is 1. The van der Waals surface area contributed by atoms with E-state index in [1.54, 1.807) is 6.08 Å². The first-order valence-corrected chi connectivity index (χ1v) is 10.6. The van der Waals surface area contributed by atoms with Gasteiger partial charge in [0.2, 0.25) is 0 Å². The number of hydrogen-bond donors (Lipinski definition) is 2. The number of carbonyl (C=O) groups is 1. The molecule has 4 nitrogen and oxygen atoms in total. The predicted molar refractivity (Wildman–Crippen MR) is 119 cm³/mol. The van der Waals surface area contributed by atoms with Crippen molar-refractivity contribution < 1.29 is 9.21 Å². The molecule has 0 saturated carbocycles. The van der Waals surface area contributed by atoms with Crippen molar-refractivity contribution >= 4 is 57.0 Å². The minimum atomic E-state index is -0.267. The van der Waals surface area contributed by atoms with E-state index in [1.165, 1.54) is 11.8 Å². The van der Waals surface area contributed by atoms with Gasteiger partial charge in [0.05, 0.1) is 4.91 Å². The summed E-state index contributed by atoms with van der Waals surface area (Å²) in [6.45, 7) is 1.99. The van der Waals surface area contributed by atoms with Crippen LogP contribution >= 0.6 is 39.3 Å². The number of hydrogen-bond acceptors (Lipinski definition) is 4. The quantitative estimate of drug-likeness (QED) is 0.437. The molecule has 1 aliphatic rings. The molecule has 3 aromatic rings. The predicted octanol–water partition coefficient (Wildman–Crippen LogP) is 6.27. The Labute approximate surface area is 180 Å². The van der Waals surface area contributed by atoms with Crippen LogP contribution in [0, 0.1) is 6.92 Å². The van der Waals surface area contributed by atoms with Crippen LogP contribution in [0.2, 0.25) is 5.02 Å². The lowest BCUT2D eigenvalue weighted by molar-refractivity contribution is -0.116. The van der Waals surface area contributed by atoms with Gasteiger partial charge in [-0.15, -0.1) is 0 Å². The molecule has 1 unspecified atom stereocenters. The lowest BCUT2D eigenvalue weighted by Gasteiger charge is -2.15. The standard InChI is InChI=1S/C21H16BrClN2O2S/c1-12-2-7-15(23)10-17(12)24-21-25-20(26)19(28-21)11-16-8-9-18(27-16)13-3-5-14(22)6-4-13/h2-11,21,24H,1H3,(H,25,26)/b19-11-. The lowest BCUT2D eigenvalue weighted by Crippen LogP contribution is -2.31. The lowest BCUT2D eigenvalue weighted by atomic mass is 10.2. The minimum absolute atomic E-state index is 0.135. The Morgan fingerprint density at radius 2 is 1.96 bits per heavy atom. The molecule has 0 bridgehead atoms. The van der Waals surface area contributed by atoms with Gasteiger partial charge in [-0.1, -0.05) is 57.5 Å². The summed E-state index contributed by atoms with van der Waals surface area (Å²) in [7, 11) is 0. The maximum Gasteiger partial charge on any atom is 0.260 e. The molecule has 2 N–H and O–H groups in total. The number of benzene rings is 2. The van der Waals surface area contributed by atoms with Gasteiger partial charge in [0, 0.05) is 26.8 Å². The SMILES string of the molecule is Cc1ccc(Cl)cc1NC1NC(=O)/C(=C/c2ccc(-c3ccc(Br)cc3)o2)S1. The van der Waals surface area contributed by atoms with Crippen molar-refractivity contribution in [2.75, 3.05) is 5.32 Å². The van der Waals surface area contributed by atoms with E-state index in [4.69, 9.17) is 16.0 Å². The first-order chi connectivity index (χ1) is 13.5. The van der Waals surface area contributed by atoms with Crippen LogP contribution in [0.15, 0.2) is 68.4 Å². The van der Waals surface area contributed by atoms with E-state index in [-0.39, 0.29) is 11.4 Å². The number of thioether (sulfide) groups is 1. The molecule has 1 aliphatic heterocycles. The Morgan fingerprint density at radius 3 is 2.75 bits per heavy atom. The summed E-state index contributed by atoms with van der Waals surface area (Å²) in [5.41, 5.74) is 2.66. The number of halogens is 2. The second kappa shape index (κ2) is 8.07. The highest BCUT2D eigenvalue weighted by molar-refractivity contribution is 9.10. The highest BCUT2D eigenvalue weighted by atomic mass is 79.9. The second-order valence-electron chi connectivity index (χ2n) is 6.29. The van der Waals surface area contributed by atoms with E-state index in [0.29, 0.717) is 15.7 Å². The van der Waals surface area contributed by atoms with Crippen LogP contribution in [0.5, 0.6) is 0 Å². The van der Waals surface area contributed by atoms with Crippen LogP contribution in [0.3, 0.4) is 0 Å². The Kier molecular flexibility index (Phi) is 5.53. The average Bonchev–Trinajstić information content (AvgIpc) is 3.26. The number of amides is 1. The molecule has 1 fully saturated rings. The summed E-state index contributed by atoms with van der Waals surface area (Å²) in [6, 6.07) is 17.3. The Bertz CT molecular complexity index is 1060. The maximum atomic E-state index is 12.3. The number of carbonyl (C=O) groups excluding carboxylic acids is 1. The summed E-state index contributed by atoms with van der Waals surface area (Å²) < 4.78 is 6.90. The second-order valence-corrected chi connectivity index (χ2v) is 8.79. The summed E-state index contributed by atoms with van der Waals surface area (Å²) in [5, 5.41) is 6.87. The Balaban J connectivity index is 1.49. The third-order valence-electron chi connectivity index (χ3n) is 4.25. The zero-order valence-corrected chi connectivity index (χ0v) is 18.0. The molecule has 1 aromatic heterocycles. The van der Waals surface area contributed by atoms with E-state index in [0.717, 1.165) is 27.0 Å². The number of aryl methyl sites for hydroxylation is 1. The van der Waals surface area contributed by atoms with E-state index < -0.39 is 0 Å². The van der Waals surface area contributed by atoms with E-state index >= 15 is 0 Å². The molecule has 0 aliphatic carbocycles. The van der Waals surface area contributed by atoms with Gasteiger partial charge in [0.25, 0.3) is 5.91 Å². The van der Waals surface area contributed by atoms with Crippen LogP contribution in [0.25, 0.3) is 17.4 Å². The number of nitrogens with one attached hydrogen (secondary N) is 2. The van der Waals surface area contributed by atoms with Gasteiger partial charge in [-0.3, -0.25) is 4.79 Å². The molecule has 0 radical (unpaired) electrons. The van der Waals surface area contributed by atoms with Crippen molar-refractivity contribution in [3.8, 4) is 11.3 Å². The first-order valence-electron chi connectivity index (χ1n) is 8.55. The fourth-order valence-corrected chi connectivity index (χ4v) is 4.18. The van der Waals surface area contributed by atoms with Gasteiger partial charge in [0.1, 0.15) is 11.5 Å². The number of anilines is 1. The van der Waals surface area contributed by atoms with Gasteiger partial charge < -0.3 is 15.1 Å². The molecule has 1 amide bonds. The zero-order chi connectivity index (χ0) is 19.7. The molecule has 2 heterocycles. The average molecular weight is 476 g/mol. The molecule has 7 heteroatoms. The van der Waals surface area contributed by atoms with Gasteiger partial charge in [-0.05, 0) is 48.9 Å². The van der Waals surface area contributed by atoms with Gasteiger partial charge >= 0.3 is 0 Å². The summed E-state index contributed by atoms with van der Waals surface area (Å²) in [5.74, 6) is 1.26. The van der Waals surface area contributed by atoms with E-state index in [1.807, 2.05) is 61.5 Å². The molecule has 2 aromatic carbocycles. The monoisotopic (exact) mass is 474 g/mol. The Morgan fingerprint density at radius 1 is 1.18 bits per heavy atom. The highest BCUT2D eigenvalue weighted by Gasteiger charge is 2.27. The summed E-state index contributed by atoms with van der Waals surface area (Å²) >= 11 is 10.9. The first kappa shape index (κ1) is 19.2. The number of rotatable bonds is 4. The highest BCUT2D eigenvalue weighted by Crippen LogP contribution is 2.33. The molecule has 1 atom stereocenters. The van der Waals surface area contributed by atoms with Crippen molar-refractivity contribution in [1.29, 1.82) is 0 Å². The van der Waals surface area contributed by atoms with Gasteiger partial charge in [-0.2, -0.15) is 0 Å². The molecule has 28 heavy (non-hydrogen) atoms. The van der Waals surface area contributed by atoms with Crippen molar-refractivity contribution in [3.05, 3.63) is 80.3 Å². The van der Waals surface area contributed by atoms with E-state index in [9.17, 15) is 4.79 Å². The van der Waals surface area contributed by atoms with Crippen LogP contribution in [0.4, 0.5) is 5.69 Å². The fraction of sp³-hybridized carbons (Fsp3) is 0.0952. The normalized spacial score (nSPS) is 17.8. The fourth-order valence-electron chi connectivity index (χ4n) is 2.79.